The molecule has 1 heterocycles. The van der Waals surface area contributed by atoms with Crippen LogP contribution in [0, 0.1) is 0 Å². The lowest BCUT2D eigenvalue weighted by molar-refractivity contribution is -0.0978. The Morgan fingerprint density at radius 3 is 2.56 bits per heavy atom. The first-order valence-electron chi connectivity index (χ1n) is 7.62. The van der Waals surface area contributed by atoms with E-state index >= 15 is 0 Å². The number of fused-ring (bicyclic) bond motifs is 1. The number of nitrogens with two attached hydrogens (primary N) is 1. The van der Waals surface area contributed by atoms with E-state index in [-0.39, 0.29) is 24.2 Å². The number of hydrogen-bond donors (Lipinski definition) is 2. The van der Waals surface area contributed by atoms with Crippen molar-refractivity contribution in [3.05, 3.63) is 46.8 Å². The quantitative estimate of drug-likeness (QED) is 0.749. The van der Waals surface area contributed by atoms with Crippen LogP contribution in [-0.2, 0) is 29.3 Å². The van der Waals surface area contributed by atoms with E-state index in [2.05, 4.69) is 5.10 Å². The Labute approximate surface area is 150 Å². The Hall–Kier alpha value is -2.05. The molecule has 1 aliphatic carbocycles. The van der Waals surface area contributed by atoms with Crippen LogP contribution in [0.15, 0.2) is 29.4 Å². The maximum atomic E-state index is 14.0. The van der Waals surface area contributed by atoms with Crippen molar-refractivity contribution in [2.45, 2.75) is 41.9 Å². The monoisotopic (exact) mass is 411 g/mol. The third-order valence-corrected chi connectivity index (χ3v) is 5.89. The smallest absolute Gasteiger partial charge is 0.382 e. The summed E-state index contributed by atoms with van der Waals surface area (Å²) in [5.74, 6) is -3.79. The average Bonchev–Trinajstić information content (AvgIpc) is 3.10. The van der Waals surface area contributed by atoms with Crippen molar-refractivity contribution in [1.29, 1.82) is 0 Å². The summed E-state index contributed by atoms with van der Waals surface area (Å²) in [4.78, 5) is -1.36. The SMILES string of the molecule is NCc1cnn(Cc2ccc(S(=O)(=O)C(F)(F)F)c3c2CC(F)(F)[C@H]3O)c1. The molecule has 12 heteroatoms. The largest absolute Gasteiger partial charge is 0.501 e. The third kappa shape index (κ3) is 3.21. The highest BCUT2D eigenvalue weighted by Gasteiger charge is 2.54. The van der Waals surface area contributed by atoms with Crippen molar-refractivity contribution in [2.24, 2.45) is 5.73 Å². The molecule has 0 fully saturated rings. The van der Waals surface area contributed by atoms with Gasteiger partial charge >= 0.3 is 5.51 Å². The minimum Gasteiger partial charge on any atom is -0.382 e. The van der Waals surface area contributed by atoms with Gasteiger partial charge in [0.25, 0.3) is 15.8 Å². The molecule has 0 saturated heterocycles. The molecule has 148 valence electrons. The molecule has 0 amide bonds. The molecular formula is C15H14F5N3O3S. The summed E-state index contributed by atoms with van der Waals surface area (Å²) in [5.41, 5.74) is -0.699. The van der Waals surface area contributed by atoms with E-state index in [0.29, 0.717) is 11.6 Å². The van der Waals surface area contributed by atoms with Gasteiger partial charge in [-0.05, 0) is 17.2 Å². The number of rotatable bonds is 4. The molecule has 1 aromatic carbocycles. The van der Waals surface area contributed by atoms with Gasteiger partial charge in [0.05, 0.1) is 17.6 Å². The van der Waals surface area contributed by atoms with E-state index < -0.39 is 44.3 Å². The van der Waals surface area contributed by atoms with Crippen LogP contribution in [0.3, 0.4) is 0 Å². The third-order valence-electron chi connectivity index (χ3n) is 4.35. The number of sulfone groups is 1. The molecule has 0 spiro atoms. The van der Waals surface area contributed by atoms with Crippen LogP contribution >= 0.6 is 0 Å². The van der Waals surface area contributed by atoms with Gasteiger partial charge in [-0.3, -0.25) is 4.68 Å². The molecule has 0 aliphatic heterocycles. The standard InChI is InChI=1S/C15H14F5N3O3S/c16-14(17)3-10-9(7-23-6-8(4-21)5-22-23)1-2-11(12(10)13(14)24)27(25,26)15(18,19)20/h1-2,5-6,13,24H,3-4,7,21H2/t13-/m0/s1. The summed E-state index contributed by atoms with van der Waals surface area (Å²) >= 11 is 0. The number of aliphatic hydroxyl groups excluding tert-OH is 1. The summed E-state index contributed by atoms with van der Waals surface area (Å²) in [5, 5.41) is 13.8. The van der Waals surface area contributed by atoms with Crippen LogP contribution in [0.25, 0.3) is 0 Å². The number of benzene rings is 1. The number of nitrogens with zero attached hydrogens (tertiary/aromatic N) is 2. The Morgan fingerprint density at radius 2 is 2.00 bits per heavy atom. The molecule has 0 unspecified atom stereocenters. The molecule has 2 aromatic rings. The molecule has 3 rings (SSSR count). The van der Waals surface area contributed by atoms with Gasteiger partial charge in [0.2, 0.25) is 0 Å². The van der Waals surface area contributed by atoms with Crippen LogP contribution < -0.4 is 5.73 Å². The van der Waals surface area contributed by atoms with E-state index in [1.165, 1.54) is 17.1 Å². The number of halogens is 5. The molecule has 27 heavy (non-hydrogen) atoms. The first-order chi connectivity index (χ1) is 12.4. The van der Waals surface area contributed by atoms with Crippen LogP contribution in [0.1, 0.15) is 28.4 Å². The minimum absolute atomic E-state index is 0.0997. The number of aromatic nitrogens is 2. The topological polar surface area (TPSA) is 98.2 Å². The van der Waals surface area contributed by atoms with Gasteiger partial charge in [-0.1, -0.05) is 6.07 Å². The number of aliphatic hydroxyl groups is 1. The van der Waals surface area contributed by atoms with Crippen LogP contribution in [0.4, 0.5) is 22.0 Å². The lowest BCUT2D eigenvalue weighted by atomic mass is 10.0. The predicted octanol–water partition coefficient (Wildman–Crippen LogP) is 1.91. The van der Waals surface area contributed by atoms with Crippen molar-refractivity contribution >= 4 is 9.84 Å². The van der Waals surface area contributed by atoms with Crippen molar-refractivity contribution in [2.75, 3.05) is 0 Å². The fraction of sp³-hybridized carbons (Fsp3) is 0.400. The molecule has 3 N–H and O–H groups in total. The van der Waals surface area contributed by atoms with E-state index in [4.69, 9.17) is 5.73 Å². The second-order valence-corrected chi connectivity index (χ2v) is 8.06. The van der Waals surface area contributed by atoms with Gasteiger partial charge < -0.3 is 10.8 Å². The van der Waals surface area contributed by atoms with E-state index in [1.54, 1.807) is 0 Å². The van der Waals surface area contributed by atoms with Gasteiger partial charge in [-0.25, -0.2) is 17.2 Å². The number of hydrogen-bond acceptors (Lipinski definition) is 5. The van der Waals surface area contributed by atoms with Crippen LogP contribution in [0.2, 0.25) is 0 Å². The lowest BCUT2D eigenvalue weighted by Crippen LogP contribution is -2.26. The van der Waals surface area contributed by atoms with Gasteiger partial charge in [0, 0.05) is 30.3 Å². The maximum absolute atomic E-state index is 14.0. The first kappa shape index (κ1) is 19.7. The fourth-order valence-corrected chi connectivity index (χ4v) is 4.04. The summed E-state index contributed by atoms with van der Waals surface area (Å²) in [6.45, 7) is 0.0785. The normalized spacial score (nSPS) is 19.3. The lowest BCUT2D eigenvalue weighted by Gasteiger charge is -2.17. The van der Waals surface area contributed by atoms with Crippen molar-refractivity contribution in [3.8, 4) is 0 Å². The second-order valence-electron chi connectivity index (χ2n) is 6.15. The zero-order chi connectivity index (χ0) is 20.2. The Bertz CT molecular complexity index is 985. The summed E-state index contributed by atoms with van der Waals surface area (Å²) in [7, 11) is -5.91. The predicted molar refractivity (Wildman–Crippen MR) is 82.5 cm³/mol. The fourth-order valence-electron chi connectivity index (χ4n) is 3.02. The van der Waals surface area contributed by atoms with Crippen molar-refractivity contribution < 1.29 is 35.5 Å². The maximum Gasteiger partial charge on any atom is 0.501 e. The molecule has 1 atom stereocenters. The molecule has 0 bridgehead atoms. The van der Waals surface area contributed by atoms with Crippen LogP contribution in [-0.4, -0.2) is 34.7 Å². The molecule has 6 nitrogen and oxygen atoms in total. The molecular weight excluding hydrogens is 397 g/mol. The highest BCUT2D eigenvalue weighted by Crippen LogP contribution is 2.48. The highest BCUT2D eigenvalue weighted by molar-refractivity contribution is 7.92. The van der Waals surface area contributed by atoms with Gasteiger partial charge in [-0.15, -0.1) is 0 Å². The van der Waals surface area contributed by atoms with E-state index in [9.17, 15) is 35.5 Å². The van der Waals surface area contributed by atoms with Crippen molar-refractivity contribution in [1.82, 2.24) is 9.78 Å². The average molecular weight is 411 g/mol. The van der Waals surface area contributed by atoms with Gasteiger partial charge in [-0.2, -0.15) is 18.3 Å². The highest BCUT2D eigenvalue weighted by atomic mass is 32.2. The van der Waals surface area contributed by atoms with Gasteiger partial charge in [0.1, 0.15) is 6.10 Å². The molecule has 1 aromatic heterocycles. The van der Waals surface area contributed by atoms with Gasteiger partial charge in [0.15, 0.2) is 0 Å². The molecule has 0 radical (unpaired) electrons. The van der Waals surface area contributed by atoms with E-state index in [0.717, 1.165) is 6.07 Å². The Balaban J connectivity index is 2.15. The summed E-state index contributed by atoms with van der Waals surface area (Å²) in [6.07, 6.45) is -0.773. The second kappa shape index (κ2) is 6.24. The first-order valence-corrected chi connectivity index (χ1v) is 9.10. The van der Waals surface area contributed by atoms with E-state index in [1.807, 2.05) is 0 Å². The number of alkyl halides is 5. The zero-order valence-corrected chi connectivity index (χ0v) is 14.4. The summed E-state index contributed by atoms with van der Waals surface area (Å²) in [6, 6.07) is 1.62. The zero-order valence-electron chi connectivity index (χ0n) is 13.5. The molecule has 0 saturated carbocycles. The van der Waals surface area contributed by atoms with Crippen LogP contribution in [0.5, 0.6) is 0 Å². The Kier molecular flexibility index (Phi) is 4.56. The Morgan fingerprint density at radius 1 is 1.33 bits per heavy atom. The van der Waals surface area contributed by atoms with Crippen molar-refractivity contribution in [3.63, 3.8) is 0 Å². The minimum atomic E-state index is -5.91. The summed E-state index contributed by atoms with van der Waals surface area (Å²) < 4.78 is 91.6. The molecule has 1 aliphatic rings.